The third kappa shape index (κ3) is 9.11. The van der Waals surface area contributed by atoms with E-state index in [1.165, 1.54) is 11.8 Å². The van der Waals surface area contributed by atoms with E-state index in [2.05, 4.69) is 51.2 Å². The third-order valence-electron chi connectivity index (χ3n) is 6.49. The van der Waals surface area contributed by atoms with Crippen molar-refractivity contribution >= 4 is 40.0 Å². The molecule has 10 heteroatoms. The first kappa shape index (κ1) is 27.5. The maximum Gasteiger partial charge on any atom is 0.324 e. The van der Waals surface area contributed by atoms with Gasteiger partial charge in [-0.2, -0.15) is 0 Å². The smallest absolute Gasteiger partial charge is 0.324 e. The van der Waals surface area contributed by atoms with E-state index < -0.39 is 0 Å². The molecule has 1 aliphatic rings. The van der Waals surface area contributed by atoms with Gasteiger partial charge in [0.2, 0.25) is 0 Å². The Kier molecular flexibility index (Phi) is 10.8. The summed E-state index contributed by atoms with van der Waals surface area (Å²) in [4.78, 5) is 25.6. The molecule has 0 aliphatic carbocycles. The quantitative estimate of drug-likeness (QED) is 0.256. The van der Waals surface area contributed by atoms with Crippen molar-refractivity contribution in [2.75, 3.05) is 32.7 Å². The van der Waals surface area contributed by atoms with Crippen LogP contribution in [0, 0.1) is 11.3 Å². The predicted molar refractivity (Wildman–Crippen MR) is 145 cm³/mol. The van der Waals surface area contributed by atoms with Crippen LogP contribution in [-0.4, -0.2) is 69.5 Å². The number of nitrogens with zero attached hydrogens (tertiary/aromatic N) is 3. The number of H-pyrrole nitrogens is 2. The summed E-state index contributed by atoms with van der Waals surface area (Å²) in [5.74, 6) is 1.15. The molecule has 2 unspecified atom stereocenters. The Morgan fingerprint density at radius 2 is 2.09 bits per heavy atom. The van der Waals surface area contributed by atoms with Crippen LogP contribution >= 0.6 is 23.2 Å². The number of halogens is 2. The molecule has 8 nitrogen and oxygen atoms in total. The van der Waals surface area contributed by atoms with Crippen LogP contribution in [0.15, 0.2) is 40.2 Å². The van der Waals surface area contributed by atoms with Gasteiger partial charge in [-0.1, -0.05) is 55.6 Å². The van der Waals surface area contributed by atoms with Gasteiger partial charge >= 0.3 is 5.69 Å². The molecule has 1 aromatic carbocycles. The van der Waals surface area contributed by atoms with Gasteiger partial charge in [0.05, 0.1) is 0 Å². The van der Waals surface area contributed by atoms with Gasteiger partial charge in [-0.3, -0.25) is 15.3 Å². The lowest BCUT2D eigenvalue weighted by Crippen LogP contribution is -2.43. The number of hydrogen-bond acceptors (Lipinski definition) is 5. The zero-order valence-corrected chi connectivity index (χ0v) is 22.1. The van der Waals surface area contributed by atoms with Crippen molar-refractivity contribution in [2.24, 2.45) is 10.9 Å². The second-order valence-electron chi connectivity index (χ2n) is 9.32. The number of aromatic nitrogens is 2. The number of likely N-dealkylation sites (tertiary alicyclic amines) is 1. The standard InChI is InChI=1S/C25H37Cl2N7O/c1-3-18(2)16-34(24(23(27)28)31-22-15-30-25(35)32-22)14-11-29-21-5-4-12-33(13-10-21)17-19-6-8-20(26)9-7-19/h6-9,15,18,21,28-29H,3-5,10-14,16-17H2,1-2H3,(H2,30,32,35)/b28-23?,31-24+. The van der Waals surface area contributed by atoms with Gasteiger partial charge in [0, 0.05) is 43.4 Å². The zero-order chi connectivity index (χ0) is 25.2. The van der Waals surface area contributed by atoms with E-state index in [-0.39, 0.29) is 10.9 Å². The van der Waals surface area contributed by atoms with Crippen LogP contribution in [0.25, 0.3) is 0 Å². The van der Waals surface area contributed by atoms with E-state index >= 15 is 0 Å². The second kappa shape index (κ2) is 13.8. The molecular weight excluding hydrogens is 485 g/mol. The van der Waals surface area contributed by atoms with E-state index in [1.807, 2.05) is 17.0 Å². The summed E-state index contributed by atoms with van der Waals surface area (Å²) in [7, 11) is 0. The molecular formula is C25H37Cl2N7O. The first-order valence-corrected chi connectivity index (χ1v) is 13.2. The highest BCUT2D eigenvalue weighted by Crippen LogP contribution is 2.16. The normalized spacial score (nSPS) is 18.3. The first-order valence-electron chi connectivity index (χ1n) is 12.4. The van der Waals surface area contributed by atoms with Gasteiger partial charge in [-0.05, 0) is 56.0 Å². The van der Waals surface area contributed by atoms with Crippen LogP contribution < -0.4 is 11.0 Å². The molecule has 0 saturated carbocycles. The van der Waals surface area contributed by atoms with Crippen LogP contribution in [-0.2, 0) is 6.54 Å². The van der Waals surface area contributed by atoms with Crippen molar-refractivity contribution in [3.05, 3.63) is 51.5 Å². The molecule has 35 heavy (non-hydrogen) atoms. The number of nitrogens with one attached hydrogen (secondary N) is 4. The van der Waals surface area contributed by atoms with E-state index in [9.17, 15) is 4.79 Å². The fourth-order valence-electron chi connectivity index (χ4n) is 4.31. The topological polar surface area (TPSA) is 103 Å². The number of benzene rings is 1. The van der Waals surface area contributed by atoms with Crippen LogP contribution in [0.2, 0.25) is 5.02 Å². The largest absolute Gasteiger partial charge is 0.352 e. The SMILES string of the molecule is CCC(C)CN(CCNC1CCCN(Cc2ccc(Cl)cc2)CC1)/C(=N/c1c[nH]c(=O)[nH]1)C(=N)Cl. The predicted octanol–water partition coefficient (Wildman–Crippen LogP) is 4.59. The zero-order valence-electron chi connectivity index (χ0n) is 20.6. The van der Waals surface area contributed by atoms with Crippen molar-refractivity contribution in [1.82, 2.24) is 25.1 Å². The second-order valence-corrected chi connectivity index (χ2v) is 10.1. The van der Waals surface area contributed by atoms with E-state index in [1.54, 1.807) is 0 Å². The Balaban J connectivity index is 1.56. The lowest BCUT2D eigenvalue weighted by molar-refractivity contribution is 0.273. The highest BCUT2D eigenvalue weighted by Gasteiger charge is 2.20. The molecule has 1 fully saturated rings. The van der Waals surface area contributed by atoms with E-state index in [0.717, 1.165) is 63.4 Å². The summed E-state index contributed by atoms with van der Waals surface area (Å²) < 4.78 is 0. The first-order chi connectivity index (χ1) is 16.8. The summed E-state index contributed by atoms with van der Waals surface area (Å²) in [6.07, 6.45) is 5.89. The van der Waals surface area contributed by atoms with Crippen molar-refractivity contribution in [3.63, 3.8) is 0 Å². The summed E-state index contributed by atoms with van der Waals surface area (Å²) in [5.41, 5.74) is 0.957. The highest BCUT2D eigenvalue weighted by atomic mass is 35.5. The number of hydrogen-bond donors (Lipinski definition) is 4. The molecule has 1 aliphatic heterocycles. The lowest BCUT2D eigenvalue weighted by Gasteiger charge is -2.29. The highest BCUT2D eigenvalue weighted by molar-refractivity contribution is 6.82. The van der Waals surface area contributed by atoms with Gasteiger partial charge in [0.25, 0.3) is 0 Å². The van der Waals surface area contributed by atoms with Crippen molar-refractivity contribution in [2.45, 2.75) is 52.1 Å². The van der Waals surface area contributed by atoms with Crippen LogP contribution in [0.5, 0.6) is 0 Å². The van der Waals surface area contributed by atoms with Crippen molar-refractivity contribution in [1.29, 1.82) is 5.41 Å². The van der Waals surface area contributed by atoms with Gasteiger partial charge < -0.3 is 15.2 Å². The van der Waals surface area contributed by atoms with Gasteiger partial charge in [0.1, 0.15) is 0 Å². The Morgan fingerprint density at radius 3 is 2.74 bits per heavy atom. The maximum absolute atomic E-state index is 11.5. The molecule has 4 N–H and O–H groups in total. The fraction of sp³-hybridized carbons (Fsp3) is 0.560. The summed E-state index contributed by atoms with van der Waals surface area (Å²) in [5, 5.41) is 12.4. The van der Waals surface area contributed by atoms with Gasteiger partial charge in [-0.15, -0.1) is 0 Å². The van der Waals surface area contributed by atoms with Crippen LogP contribution in [0.3, 0.4) is 0 Å². The minimum atomic E-state index is -0.335. The van der Waals surface area contributed by atoms with Crippen LogP contribution in [0.1, 0.15) is 45.1 Å². The number of imidazole rings is 1. The number of amidine groups is 1. The van der Waals surface area contributed by atoms with E-state index in [0.29, 0.717) is 30.2 Å². The summed E-state index contributed by atoms with van der Waals surface area (Å²) in [6.45, 7) is 9.60. The monoisotopic (exact) mass is 521 g/mol. The van der Waals surface area contributed by atoms with Gasteiger partial charge in [-0.25, -0.2) is 9.79 Å². The minimum Gasteiger partial charge on any atom is -0.352 e. The third-order valence-corrected chi connectivity index (χ3v) is 6.91. The number of rotatable bonds is 11. The number of aliphatic imine (C=N–C) groups is 1. The molecule has 2 heterocycles. The van der Waals surface area contributed by atoms with Crippen molar-refractivity contribution < 1.29 is 0 Å². The molecule has 1 saturated heterocycles. The maximum atomic E-state index is 11.5. The Hall–Kier alpha value is -2.13. The fourth-order valence-corrected chi connectivity index (χ4v) is 4.60. The van der Waals surface area contributed by atoms with Crippen LogP contribution in [0.4, 0.5) is 5.82 Å². The molecule has 0 amide bonds. The Morgan fingerprint density at radius 1 is 1.31 bits per heavy atom. The number of aromatic amines is 2. The van der Waals surface area contributed by atoms with Gasteiger partial charge in [0.15, 0.2) is 16.8 Å². The molecule has 2 atom stereocenters. The molecule has 2 aromatic rings. The molecule has 1 aromatic heterocycles. The summed E-state index contributed by atoms with van der Waals surface area (Å²) in [6, 6.07) is 8.57. The molecule has 0 bridgehead atoms. The van der Waals surface area contributed by atoms with Crippen molar-refractivity contribution in [3.8, 4) is 0 Å². The summed E-state index contributed by atoms with van der Waals surface area (Å²) >= 11 is 12.2. The lowest BCUT2D eigenvalue weighted by atomic mass is 10.1. The Labute approximate surface area is 217 Å². The molecule has 192 valence electrons. The average molecular weight is 523 g/mol. The molecule has 0 radical (unpaired) electrons. The Bertz CT molecular complexity index is 1020. The van der Waals surface area contributed by atoms with E-state index in [4.69, 9.17) is 28.6 Å². The average Bonchev–Trinajstić information content (AvgIpc) is 3.12. The molecule has 3 rings (SSSR count). The molecule has 0 spiro atoms. The minimum absolute atomic E-state index is 0.136.